The molecule has 0 aliphatic carbocycles. The van der Waals surface area contributed by atoms with E-state index in [1.807, 2.05) is 42.8 Å². The monoisotopic (exact) mass is 372 g/mol. The van der Waals surface area contributed by atoms with Crippen LogP contribution in [0.3, 0.4) is 0 Å². The standard InChI is InChI=1S/C18H20N4O3S/c1-12-8-13(2)22(21-12)15(16-4-3-6-25-16)10-20-18(24)17(23)19-9-14-5-7-26-11-14/h3-8,11,15H,9-10H2,1-2H3,(H,19,23)(H,20,24). The predicted octanol–water partition coefficient (Wildman–Crippen LogP) is 2.18. The van der Waals surface area contributed by atoms with Crippen LogP contribution in [0.15, 0.2) is 45.7 Å². The highest BCUT2D eigenvalue weighted by molar-refractivity contribution is 7.07. The Morgan fingerprint density at radius 3 is 2.69 bits per heavy atom. The van der Waals surface area contributed by atoms with E-state index in [1.165, 1.54) is 0 Å². The maximum Gasteiger partial charge on any atom is 0.309 e. The largest absolute Gasteiger partial charge is 0.467 e. The highest BCUT2D eigenvalue weighted by Gasteiger charge is 2.22. The van der Waals surface area contributed by atoms with Crippen molar-refractivity contribution in [1.29, 1.82) is 0 Å². The number of rotatable bonds is 6. The lowest BCUT2D eigenvalue weighted by Crippen LogP contribution is -2.42. The molecule has 0 aliphatic rings. The number of hydrogen-bond acceptors (Lipinski definition) is 5. The van der Waals surface area contributed by atoms with Gasteiger partial charge in [0.15, 0.2) is 0 Å². The van der Waals surface area contributed by atoms with E-state index >= 15 is 0 Å². The summed E-state index contributed by atoms with van der Waals surface area (Å²) in [6.07, 6.45) is 1.57. The van der Waals surface area contributed by atoms with Gasteiger partial charge < -0.3 is 15.1 Å². The van der Waals surface area contributed by atoms with Crippen LogP contribution in [-0.4, -0.2) is 28.1 Å². The van der Waals surface area contributed by atoms with E-state index in [2.05, 4.69) is 15.7 Å². The molecule has 0 saturated heterocycles. The van der Waals surface area contributed by atoms with Crippen LogP contribution in [0, 0.1) is 13.8 Å². The summed E-state index contributed by atoms with van der Waals surface area (Å²) in [6.45, 7) is 4.36. The summed E-state index contributed by atoms with van der Waals surface area (Å²) in [5.74, 6) is -0.684. The number of furan rings is 1. The fraction of sp³-hybridized carbons (Fsp3) is 0.278. The smallest absolute Gasteiger partial charge is 0.309 e. The van der Waals surface area contributed by atoms with Crippen molar-refractivity contribution < 1.29 is 14.0 Å². The van der Waals surface area contributed by atoms with Gasteiger partial charge in [0.2, 0.25) is 0 Å². The molecule has 3 aromatic rings. The zero-order valence-electron chi connectivity index (χ0n) is 14.6. The summed E-state index contributed by atoms with van der Waals surface area (Å²) >= 11 is 1.54. The van der Waals surface area contributed by atoms with Gasteiger partial charge in [-0.25, -0.2) is 0 Å². The van der Waals surface area contributed by atoms with E-state index in [-0.39, 0.29) is 12.6 Å². The van der Waals surface area contributed by atoms with Crippen molar-refractivity contribution >= 4 is 23.2 Å². The molecule has 1 atom stereocenters. The van der Waals surface area contributed by atoms with Crippen molar-refractivity contribution in [3.8, 4) is 0 Å². The molecule has 3 rings (SSSR count). The van der Waals surface area contributed by atoms with Crippen LogP contribution >= 0.6 is 11.3 Å². The quantitative estimate of drug-likeness (QED) is 0.649. The van der Waals surface area contributed by atoms with Crippen molar-refractivity contribution in [3.63, 3.8) is 0 Å². The molecule has 7 nitrogen and oxygen atoms in total. The third-order valence-corrected chi connectivity index (χ3v) is 4.64. The zero-order valence-corrected chi connectivity index (χ0v) is 15.4. The molecule has 3 heterocycles. The SMILES string of the molecule is Cc1cc(C)n(C(CNC(=O)C(=O)NCc2ccsc2)c2ccco2)n1. The van der Waals surface area contributed by atoms with Gasteiger partial charge in [0.1, 0.15) is 11.8 Å². The molecule has 0 aliphatic heterocycles. The first kappa shape index (κ1) is 17.9. The molecule has 1 unspecified atom stereocenters. The Morgan fingerprint density at radius 2 is 2.08 bits per heavy atom. The van der Waals surface area contributed by atoms with Crippen molar-refractivity contribution in [2.75, 3.05) is 6.54 Å². The molecule has 0 aromatic carbocycles. The first-order chi connectivity index (χ1) is 12.5. The summed E-state index contributed by atoms with van der Waals surface area (Å²) < 4.78 is 7.28. The fourth-order valence-electron chi connectivity index (χ4n) is 2.68. The summed E-state index contributed by atoms with van der Waals surface area (Å²) in [4.78, 5) is 24.1. The van der Waals surface area contributed by atoms with Crippen LogP contribution in [0.1, 0.15) is 28.8 Å². The van der Waals surface area contributed by atoms with E-state index in [4.69, 9.17) is 4.42 Å². The van der Waals surface area contributed by atoms with Gasteiger partial charge in [-0.3, -0.25) is 14.3 Å². The number of hydrogen-bond donors (Lipinski definition) is 2. The minimum Gasteiger partial charge on any atom is -0.467 e. The molecule has 0 saturated carbocycles. The summed E-state index contributed by atoms with van der Waals surface area (Å²) in [6, 6.07) is 7.13. The van der Waals surface area contributed by atoms with E-state index in [9.17, 15) is 9.59 Å². The lowest BCUT2D eigenvalue weighted by Gasteiger charge is -2.18. The van der Waals surface area contributed by atoms with Crippen LogP contribution in [0.5, 0.6) is 0 Å². The number of carbonyl (C=O) groups excluding carboxylic acids is 2. The van der Waals surface area contributed by atoms with Crippen LogP contribution < -0.4 is 10.6 Å². The molecule has 8 heteroatoms. The van der Waals surface area contributed by atoms with Crippen molar-refractivity contribution in [2.45, 2.75) is 26.4 Å². The molecule has 0 spiro atoms. The second kappa shape index (κ2) is 8.01. The number of aromatic nitrogens is 2. The normalized spacial score (nSPS) is 11.9. The first-order valence-corrected chi connectivity index (χ1v) is 9.12. The lowest BCUT2D eigenvalue weighted by atomic mass is 10.2. The Kier molecular flexibility index (Phi) is 5.52. The third kappa shape index (κ3) is 4.20. The number of nitrogens with zero attached hydrogens (tertiary/aromatic N) is 2. The molecular formula is C18H20N4O3S. The lowest BCUT2D eigenvalue weighted by molar-refractivity contribution is -0.139. The van der Waals surface area contributed by atoms with E-state index in [0.717, 1.165) is 17.0 Å². The van der Waals surface area contributed by atoms with Crippen LogP contribution in [-0.2, 0) is 16.1 Å². The molecule has 136 valence electrons. The second-order valence-electron chi connectivity index (χ2n) is 5.93. The van der Waals surface area contributed by atoms with Crippen molar-refractivity contribution in [1.82, 2.24) is 20.4 Å². The Bertz CT molecular complexity index is 869. The highest BCUT2D eigenvalue weighted by Crippen LogP contribution is 2.20. The van der Waals surface area contributed by atoms with Gasteiger partial charge in [0.05, 0.1) is 12.0 Å². The molecule has 0 fully saturated rings. The Labute approximate surface area is 155 Å². The topological polar surface area (TPSA) is 89.2 Å². The maximum absolute atomic E-state index is 12.1. The van der Waals surface area contributed by atoms with Gasteiger partial charge in [-0.1, -0.05) is 0 Å². The summed E-state index contributed by atoms with van der Waals surface area (Å²) in [5, 5.41) is 13.6. The number of amides is 2. The minimum atomic E-state index is -0.682. The molecule has 2 amide bonds. The zero-order chi connectivity index (χ0) is 18.5. The van der Waals surface area contributed by atoms with Gasteiger partial charge in [-0.15, -0.1) is 0 Å². The molecule has 0 bridgehead atoms. The first-order valence-electron chi connectivity index (χ1n) is 8.18. The molecule has 3 aromatic heterocycles. The van der Waals surface area contributed by atoms with E-state index in [1.54, 1.807) is 28.3 Å². The van der Waals surface area contributed by atoms with Crippen LogP contribution in [0.25, 0.3) is 0 Å². The molecule has 26 heavy (non-hydrogen) atoms. The van der Waals surface area contributed by atoms with E-state index < -0.39 is 11.8 Å². The van der Waals surface area contributed by atoms with Gasteiger partial charge in [0.25, 0.3) is 0 Å². The van der Waals surface area contributed by atoms with E-state index in [0.29, 0.717) is 12.3 Å². The average Bonchev–Trinajstić information content (AvgIpc) is 3.36. The number of thiophene rings is 1. The third-order valence-electron chi connectivity index (χ3n) is 3.91. The van der Waals surface area contributed by atoms with Crippen LogP contribution in [0.4, 0.5) is 0 Å². The van der Waals surface area contributed by atoms with Crippen molar-refractivity contribution in [3.05, 3.63) is 64.0 Å². The van der Waals surface area contributed by atoms with Gasteiger partial charge in [-0.05, 0) is 54.4 Å². The molecule has 2 N–H and O–H groups in total. The van der Waals surface area contributed by atoms with Gasteiger partial charge in [0, 0.05) is 18.8 Å². The van der Waals surface area contributed by atoms with Crippen LogP contribution in [0.2, 0.25) is 0 Å². The summed E-state index contributed by atoms with van der Waals surface area (Å²) in [5.41, 5.74) is 2.78. The minimum absolute atomic E-state index is 0.195. The number of aryl methyl sites for hydroxylation is 2. The Balaban J connectivity index is 1.63. The maximum atomic E-state index is 12.1. The van der Waals surface area contributed by atoms with Gasteiger partial charge >= 0.3 is 11.8 Å². The molecule has 0 radical (unpaired) electrons. The number of carbonyl (C=O) groups is 2. The van der Waals surface area contributed by atoms with Crippen molar-refractivity contribution in [2.24, 2.45) is 0 Å². The summed E-state index contributed by atoms with van der Waals surface area (Å²) in [7, 11) is 0. The fourth-order valence-corrected chi connectivity index (χ4v) is 3.34. The Morgan fingerprint density at radius 1 is 1.27 bits per heavy atom. The number of nitrogens with one attached hydrogen (secondary N) is 2. The Hall–Kier alpha value is -2.87. The predicted molar refractivity (Wildman–Crippen MR) is 97.7 cm³/mol. The molecular weight excluding hydrogens is 352 g/mol. The average molecular weight is 372 g/mol. The highest BCUT2D eigenvalue weighted by atomic mass is 32.1. The van der Waals surface area contributed by atoms with Gasteiger partial charge in [-0.2, -0.15) is 16.4 Å². The second-order valence-corrected chi connectivity index (χ2v) is 6.71.